The van der Waals surface area contributed by atoms with Gasteiger partial charge < -0.3 is 14.8 Å². The molecule has 0 spiro atoms. The molecule has 1 aliphatic rings. The lowest BCUT2D eigenvalue weighted by Crippen LogP contribution is -2.38. The minimum Gasteiger partial charge on any atom is -0.478 e. The maximum atomic E-state index is 11.9. The lowest BCUT2D eigenvalue weighted by molar-refractivity contribution is 0.0696. The molecule has 1 aromatic rings. The molecule has 1 aliphatic carbocycles. The molecule has 1 heterocycles. The summed E-state index contributed by atoms with van der Waals surface area (Å²) in [6.45, 7) is 0.593. The molecule has 2 N–H and O–H groups in total. The van der Waals surface area contributed by atoms with E-state index >= 15 is 0 Å². The molecular weight excluding hydrogens is 266 g/mol. The van der Waals surface area contributed by atoms with Crippen molar-refractivity contribution in [1.82, 2.24) is 5.32 Å². The third-order valence-electron chi connectivity index (χ3n) is 3.59. The first-order chi connectivity index (χ1) is 9.06. The van der Waals surface area contributed by atoms with Crippen molar-refractivity contribution in [2.24, 2.45) is 0 Å². The molecule has 0 saturated heterocycles. The van der Waals surface area contributed by atoms with Crippen LogP contribution < -0.4 is 5.32 Å². The van der Waals surface area contributed by atoms with Gasteiger partial charge in [0.2, 0.25) is 0 Å². The number of carboxylic acid groups (broad SMARTS) is 1. The van der Waals surface area contributed by atoms with Gasteiger partial charge in [-0.3, -0.25) is 4.79 Å². The normalized spacial score (nSPS) is 17.3. The van der Waals surface area contributed by atoms with E-state index in [4.69, 9.17) is 9.52 Å². The Balaban J connectivity index is 1.95. The van der Waals surface area contributed by atoms with E-state index < -0.39 is 5.97 Å². The molecule has 0 radical (unpaired) electrons. The van der Waals surface area contributed by atoms with Crippen LogP contribution in [0.25, 0.3) is 0 Å². The van der Waals surface area contributed by atoms with E-state index in [-0.39, 0.29) is 22.0 Å². The van der Waals surface area contributed by atoms with Gasteiger partial charge in [0.05, 0.1) is 5.56 Å². The lowest BCUT2D eigenvalue weighted by atomic mass is 10.1. The highest BCUT2D eigenvalue weighted by Gasteiger charge is 2.33. The first kappa shape index (κ1) is 14.0. The second-order valence-electron chi connectivity index (χ2n) is 4.78. The standard InChI is InChI=1S/C13H17NO4S/c1-19-13(4-2-3-5-13)8-14-11(15)10-6-9(7-18-10)12(16)17/h6-7H,2-5,8H2,1H3,(H,14,15)(H,16,17). The number of aromatic carboxylic acids is 1. The number of carbonyl (C=O) groups is 2. The number of hydrogen-bond donors (Lipinski definition) is 2. The number of rotatable bonds is 5. The van der Waals surface area contributed by atoms with Crippen molar-refractivity contribution in [2.75, 3.05) is 12.8 Å². The van der Waals surface area contributed by atoms with Crippen LogP contribution in [0.1, 0.15) is 46.6 Å². The molecule has 0 atom stereocenters. The van der Waals surface area contributed by atoms with E-state index in [2.05, 4.69) is 11.6 Å². The fourth-order valence-corrected chi connectivity index (χ4v) is 3.28. The topological polar surface area (TPSA) is 79.5 Å². The molecule has 1 aromatic heterocycles. The Bertz CT molecular complexity index is 477. The van der Waals surface area contributed by atoms with E-state index in [0.717, 1.165) is 19.1 Å². The van der Waals surface area contributed by atoms with Gasteiger partial charge in [0.15, 0.2) is 5.76 Å². The van der Waals surface area contributed by atoms with Crippen LogP contribution in [0.3, 0.4) is 0 Å². The largest absolute Gasteiger partial charge is 0.478 e. The molecule has 0 unspecified atom stereocenters. The first-order valence-corrected chi connectivity index (χ1v) is 7.44. The van der Waals surface area contributed by atoms with Crippen LogP contribution in [0, 0.1) is 0 Å². The maximum Gasteiger partial charge on any atom is 0.338 e. The van der Waals surface area contributed by atoms with Crippen molar-refractivity contribution >= 4 is 23.6 Å². The van der Waals surface area contributed by atoms with Crippen molar-refractivity contribution in [3.63, 3.8) is 0 Å². The summed E-state index contributed by atoms with van der Waals surface area (Å²) in [6.07, 6.45) is 7.74. The van der Waals surface area contributed by atoms with Crippen molar-refractivity contribution in [3.8, 4) is 0 Å². The van der Waals surface area contributed by atoms with Gasteiger partial charge in [0, 0.05) is 17.4 Å². The zero-order chi connectivity index (χ0) is 13.9. The Kier molecular flexibility index (Phi) is 4.19. The summed E-state index contributed by atoms with van der Waals surface area (Å²) in [7, 11) is 0. The minimum atomic E-state index is -1.10. The summed E-state index contributed by atoms with van der Waals surface area (Å²) in [5, 5.41) is 11.6. The number of thioether (sulfide) groups is 1. The van der Waals surface area contributed by atoms with Crippen molar-refractivity contribution in [1.29, 1.82) is 0 Å². The Morgan fingerprint density at radius 2 is 2.16 bits per heavy atom. The monoisotopic (exact) mass is 283 g/mol. The van der Waals surface area contributed by atoms with Gasteiger partial charge in [0.25, 0.3) is 5.91 Å². The second kappa shape index (κ2) is 5.69. The summed E-state index contributed by atoms with van der Waals surface area (Å²) in [5.41, 5.74) is -0.00871. The van der Waals surface area contributed by atoms with Gasteiger partial charge in [-0.2, -0.15) is 11.8 Å². The zero-order valence-electron chi connectivity index (χ0n) is 10.8. The smallest absolute Gasteiger partial charge is 0.338 e. The third-order valence-corrected chi connectivity index (χ3v) is 5.01. The lowest BCUT2D eigenvalue weighted by Gasteiger charge is -2.26. The van der Waals surface area contributed by atoms with Crippen LogP contribution in [-0.4, -0.2) is 34.5 Å². The number of furan rings is 1. The molecule has 5 nitrogen and oxygen atoms in total. The van der Waals surface area contributed by atoms with Gasteiger partial charge in [-0.05, 0) is 19.1 Å². The number of nitrogens with one attached hydrogen (secondary N) is 1. The second-order valence-corrected chi connectivity index (χ2v) is 6.06. The quantitative estimate of drug-likeness (QED) is 0.867. The number of carbonyl (C=O) groups excluding carboxylic acids is 1. The fraction of sp³-hybridized carbons (Fsp3) is 0.538. The van der Waals surface area contributed by atoms with Crippen LogP contribution >= 0.6 is 11.8 Å². The van der Waals surface area contributed by atoms with Crippen LogP contribution in [0.2, 0.25) is 0 Å². The molecule has 0 aliphatic heterocycles. The van der Waals surface area contributed by atoms with E-state index in [1.807, 2.05) is 0 Å². The summed E-state index contributed by atoms with van der Waals surface area (Å²) in [6, 6.07) is 1.25. The van der Waals surface area contributed by atoms with Crippen LogP contribution in [0.5, 0.6) is 0 Å². The van der Waals surface area contributed by atoms with Crippen LogP contribution in [-0.2, 0) is 0 Å². The van der Waals surface area contributed by atoms with Crippen molar-refractivity contribution in [2.45, 2.75) is 30.4 Å². The molecule has 19 heavy (non-hydrogen) atoms. The molecular formula is C13H17NO4S. The predicted molar refractivity (Wildman–Crippen MR) is 72.7 cm³/mol. The highest BCUT2D eigenvalue weighted by atomic mass is 32.2. The van der Waals surface area contributed by atoms with Gasteiger partial charge in [-0.25, -0.2) is 4.79 Å². The summed E-state index contributed by atoms with van der Waals surface area (Å²) < 4.78 is 5.09. The van der Waals surface area contributed by atoms with E-state index in [9.17, 15) is 9.59 Å². The fourth-order valence-electron chi connectivity index (χ4n) is 2.37. The minimum absolute atomic E-state index is 0.00871. The molecule has 1 saturated carbocycles. The molecule has 0 bridgehead atoms. The van der Waals surface area contributed by atoms with E-state index in [1.165, 1.54) is 18.9 Å². The molecule has 0 aromatic carbocycles. The highest BCUT2D eigenvalue weighted by Crippen LogP contribution is 2.39. The Labute approximate surface area is 115 Å². The first-order valence-electron chi connectivity index (χ1n) is 6.21. The maximum absolute atomic E-state index is 11.9. The van der Waals surface area contributed by atoms with E-state index in [0.29, 0.717) is 6.54 Å². The molecule has 1 fully saturated rings. The average Bonchev–Trinajstić information content (AvgIpc) is 3.06. The number of carboxylic acids is 1. The van der Waals surface area contributed by atoms with Gasteiger partial charge in [-0.15, -0.1) is 0 Å². The highest BCUT2D eigenvalue weighted by molar-refractivity contribution is 8.00. The molecule has 6 heteroatoms. The zero-order valence-corrected chi connectivity index (χ0v) is 11.6. The van der Waals surface area contributed by atoms with Gasteiger partial charge >= 0.3 is 5.97 Å². The van der Waals surface area contributed by atoms with Crippen molar-refractivity contribution in [3.05, 3.63) is 23.7 Å². The van der Waals surface area contributed by atoms with Crippen LogP contribution in [0.15, 0.2) is 16.7 Å². The molecule has 1 amide bonds. The Morgan fingerprint density at radius 1 is 1.47 bits per heavy atom. The summed E-state index contributed by atoms with van der Waals surface area (Å²) in [5.74, 6) is -1.40. The molecule has 104 valence electrons. The third kappa shape index (κ3) is 3.12. The van der Waals surface area contributed by atoms with E-state index in [1.54, 1.807) is 11.8 Å². The summed E-state index contributed by atoms with van der Waals surface area (Å²) in [4.78, 5) is 22.6. The summed E-state index contributed by atoms with van der Waals surface area (Å²) >= 11 is 1.79. The average molecular weight is 283 g/mol. The van der Waals surface area contributed by atoms with Gasteiger partial charge in [-0.1, -0.05) is 12.8 Å². The predicted octanol–water partition coefficient (Wildman–Crippen LogP) is 2.38. The SMILES string of the molecule is CSC1(CNC(=O)c2cc(C(=O)O)co2)CCCC1. The van der Waals surface area contributed by atoms with Crippen LogP contribution in [0.4, 0.5) is 0 Å². The Morgan fingerprint density at radius 3 is 2.68 bits per heavy atom. The number of hydrogen-bond acceptors (Lipinski definition) is 4. The number of amides is 1. The Hall–Kier alpha value is -1.43. The van der Waals surface area contributed by atoms with Gasteiger partial charge in [0.1, 0.15) is 6.26 Å². The molecule has 2 rings (SSSR count). The van der Waals surface area contributed by atoms with Crippen molar-refractivity contribution < 1.29 is 19.1 Å².